The van der Waals surface area contributed by atoms with E-state index in [1.165, 1.54) is 4.90 Å². The molecule has 0 fully saturated rings. The minimum absolute atomic E-state index is 0.269. The predicted octanol–water partition coefficient (Wildman–Crippen LogP) is 4.21. The number of carbonyl (C=O) groups excluding carboxylic acids is 2. The topological polar surface area (TPSA) is 46.6 Å². The van der Waals surface area contributed by atoms with E-state index in [0.717, 1.165) is 12.5 Å². The Morgan fingerprint density at radius 3 is 2.04 bits per heavy atom. The van der Waals surface area contributed by atoms with E-state index in [-0.39, 0.29) is 11.8 Å². The lowest BCUT2D eigenvalue weighted by Crippen LogP contribution is -2.31. The number of amides is 2. The van der Waals surface area contributed by atoms with Crippen molar-refractivity contribution in [2.75, 3.05) is 11.5 Å². The first-order chi connectivity index (χ1) is 10.7. The van der Waals surface area contributed by atoms with Crippen LogP contribution < -0.4 is 9.64 Å². The van der Waals surface area contributed by atoms with Crippen LogP contribution in [0.1, 0.15) is 20.3 Å². The van der Waals surface area contributed by atoms with E-state index in [4.69, 9.17) is 26.9 Å². The highest BCUT2D eigenvalue weighted by atomic mass is 35.7. The lowest BCUT2D eigenvalue weighted by atomic mass is 10.2. The fourth-order valence-corrected chi connectivity index (χ4v) is 3.81. The van der Waals surface area contributed by atoms with Gasteiger partial charge in [0.15, 0.2) is 0 Å². The summed E-state index contributed by atoms with van der Waals surface area (Å²) in [5.41, 5.74) is 1.53. The standard InChI is InChI=1S/C16H19Cl2NO3Si/c1-11-12(2)16(21)19(15(11)20)13-5-7-14(8-6-13)22-9-4-10-23(3,17)18/h5-8H,4,9-10H2,1-3H3. The van der Waals surface area contributed by atoms with Crippen molar-refractivity contribution in [3.63, 3.8) is 0 Å². The summed E-state index contributed by atoms with van der Waals surface area (Å²) in [5.74, 6) is 0.144. The molecule has 1 aliphatic rings. The molecule has 0 spiro atoms. The smallest absolute Gasteiger partial charge is 0.261 e. The van der Waals surface area contributed by atoms with Gasteiger partial charge in [0.2, 0.25) is 6.69 Å². The molecule has 1 heterocycles. The largest absolute Gasteiger partial charge is 0.494 e. The molecule has 1 aromatic rings. The second-order valence-corrected chi connectivity index (χ2v) is 13.9. The molecule has 1 aromatic carbocycles. The van der Waals surface area contributed by atoms with Crippen LogP contribution >= 0.6 is 22.2 Å². The van der Waals surface area contributed by atoms with Crippen molar-refractivity contribution in [2.45, 2.75) is 32.9 Å². The van der Waals surface area contributed by atoms with Crippen LogP contribution in [0.4, 0.5) is 5.69 Å². The Kier molecular flexibility index (Phi) is 5.55. The summed E-state index contributed by atoms with van der Waals surface area (Å²) in [6.45, 7) is 3.67. The fourth-order valence-electron chi connectivity index (χ4n) is 2.25. The minimum Gasteiger partial charge on any atom is -0.494 e. The monoisotopic (exact) mass is 371 g/mol. The molecule has 1 aliphatic heterocycles. The van der Waals surface area contributed by atoms with Gasteiger partial charge in [-0.15, -0.1) is 22.2 Å². The van der Waals surface area contributed by atoms with Gasteiger partial charge in [-0.1, -0.05) is 0 Å². The van der Waals surface area contributed by atoms with E-state index >= 15 is 0 Å². The summed E-state index contributed by atoms with van der Waals surface area (Å²) < 4.78 is 5.62. The van der Waals surface area contributed by atoms with Crippen LogP contribution in [0.25, 0.3) is 0 Å². The number of ether oxygens (including phenoxy) is 1. The van der Waals surface area contributed by atoms with Crippen LogP contribution in [0.3, 0.4) is 0 Å². The molecule has 0 saturated carbocycles. The lowest BCUT2D eigenvalue weighted by molar-refractivity contribution is -0.120. The van der Waals surface area contributed by atoms with Crippen molar-refractivity contribution in [2.24, 2.45) is 0 Å². The second kappa shape index (κ2) is 7.07. The highest BCUT2D eigenvalue weighted by molar-refractivity contribution is 7.44. The highest BCUT2D eigenvalue weighted by Gasteiger charge is 2.34. The molecular formula is C16H19Cl2NO3Si. The SMILES string of the molecule is CC1=C(C)C(=O)N(c2ccc(OCCC[Si](C)(Cl)Cl)cc2)C1=O. The van der Waals surface area contributed by atoms with E-state index in [1.807, 2.05) is 6.55 Å². The molecule has 23 heavy (non-hydrogen) atoms. The number of benzene rings is 1. The Hall–Kier alpha value is -1.30. The summed E-state index contributed by atoms with van der Waals surface area (Å²) >= 11 is 12.1. The lowest BCUT2D eigenvalue weighted by Gasteiger charge is -2.15. The molecule has 7 heteroatoms. The molecule has 0 bridgehead atoms. The van der Waals surface area contributed by atoms with Gasteiger partial charge in [-0.3, -0.25) is 9.59 Å². The molecule has 0 N–H and O–H groups in total. The summed E-state index contributed by atoms with van der Waals surface area (Å²) in [7, 11) is 0. The summed E-state index contributed by atoms with van der Waals surface area (Å²) in [5, 5.41) is 0. The third kappa shape index (κ3) is 4.37. The number of anilines is 1. The molecule has 2 amide bonds. The highest BCUT2D eigenvalue weighted by Crippen LogP contribution is 2.28. The maximum atomic E-state index is 12.1. The third-order valence-electron chi connectivity index (χ3n) is 3.73. The number of rotatable bonds is 6. The number of hydrogen-bond donors (Lipinski definition) is 0. The third-order valence-corrected chi connectivity index (χ3v) is 6.10. The average Bonchev–Trinajstić information content (AvgIpc) is 2.68. The van der Waals surface area contributed by atoms with Gasteiger partial charge in [0, 0.05) is 11.1 Å². The van der Waals surface area contributed by atoms with E-state index in [9.17, 15) is 9.59 Å². The molecule has 0 unspecified atom stereocenters. The zero-order chi connectivity index (χ0) is 17.2. The second-order valence-electron chi connectivity index (χ2n) is 5.71. The summed E-state index contributed by atoms with van der Waals surface area (Å²) in [6.07, 6.45) is 0.795. The molecule has 2 rings (SSSR count). The van der Waals surface area contributed by atoms with E-state index in [0.29, 0.717) is 29.2 Å². The molecular weight excluding hydrogens is 353 g/mol. The zero-order valence-corrected chi connectivity index (χ0v) is 15.9. The number of hydrogen-bond acceptors (Lipinski definition) is 3. The molecule has 0 radical (unpaired) electrons. The number of halogens is 2. The van der Waals surface area contributed by atoms with E-state index in [2.05, 4.69) is 0 Å². The quantitative estimate of drug-likeness (QED) is 0.325. The number of carbonyl (C=O) groups is 2. The van der Waals surface area contributed by atoms with Gasteiger partial charge in [-0.25, -0.2) is 4.90 Å². The minimum atomic E-state index is -2.07. The van der Waals surface area contributed by atoms with Crippen LogP contribution in [-0.2, 0) is 9.59 Å². The average molecular weight is 372 g/mol. The number of imide groups is 1. The number of nitrogens with zero attached hydrogens (tertiary/aromatic N) is 1. The van der Waals surface area contributed by atoms with Gasteiger partial charge in [0.25, 0.3) is 11.8 Å². The van der Waals surface area contributed by atoms with E-state index < -0.39 is 6.69 Å². The Balaban J connectivity index is 1.96. The maximum Gasteiger partial charge on any atom is 0.261 e. The van der Waals surface area contributed by atoms with Crippen molar-refractivity contribution in [1.82, 2.24) is 0 Å². The van der Waals surface area contributed by atoms with Gasteiger partial charge >= 0.3 is 0 Å². The van der Waals surface area contributed by atoms with Gasteiger partial charge in [0.1, 0.15) is 5.75 Å². The van der Waals surface area contributed by atoms with Crippen LogP contribution in [-0.4, -0.2) is 25.1 Å². The Morgan fingerprint density at radius 1 is 1.04 bits per heavy atom. The maximum absolute atomic E-state index is 12.1. The molecule has 0 saturated heterocycles. The first-order valence-corrected chi connectivity index (χ1v) is 12.1. The molecule has 4 nitrogen and oxygen atoms in total. The molecule has 124 valence electrons. The summed E-state index contributed by atoms with van der Waals surface area (Å²) in [4.78, 5) is 25.4. The van der Waals surface area contributed by atoms with Crippen LogP contribution in [0.2, 0.25) is 12.6 Å². The van der Waals surface area contributed by atoms with Crippen LogP contribution in [0.5, 0.6) is 5.75 Å². The Labute approximate surface area is 146 Å². The predicted molar refractivity (Wildman–Crippen MR) is 95.6 cm³/mol. The molecule has 0 aromatic heterocycles. The summed E-state index contributed by atoms with van der Waals surface area (Å²) in [6, 6.07) is 7.68. The van der Waals surface area contributed by atoms with E-state index in [1.54, 1.807) is 38.1 Å². The van der Waals surface area contributed by atoms with Crippen LogP contribution in [0, 0.1) is 0 Å². The Bertz CT molecular complexity index is 626. The van der Waals surface area contributed by atoms with Gasteiger partial charge in [-0.2, -0.15) is 0 Å². The first kappa shape index (κ1) is 18.0. The first-order valence-electron chi connectivity index (χ1n) is 7.37. The molecule has 0 aliphatic carbocycles. The van der Waals surface area contributed by atoms with Crippen molar-refractivity contribution in [3.05, 3.63) is 35.4 Å². The van der Waals surface area contributed by atoms with Crippen molar-refractivity contribution < 1.29 is 14.3 Å². The zero-order valence-electron chi connectivity index (χ0n) is 13.4. The van der Waals surface area contributed by atoms with Gasteiger partial charge in [-0.05, 0) is 57.1 Å². The normalized spacial score (nSPS) is 15.6. The Morgan fingerprint density at radius 2 is 1.57 bits per heavy atom. The fraction of sp³-hybridized carbons (Fsp3) is 0.375. The van der Waals surface area contributed by atoms with Crippen molar-refractivity contribution >= 4 is 46.4 Å². The molecule has 0 atom stereocenters. The van der Waals surface area contributed by atoms with Crippen LogP contribution in [0.15, 0.2) is 35.4 Å². The van der Waals surface area contributed by atoms with Crippen molar-refractivity contribution in [1.29, 1.82) is 0 Å². The van der Waals surface area contributed by atoms with Crippen molar-refractivity contribution in [3.8, 4) is 5.75 Å². The van der Waals surface area contributed by atoms with Gasteiger partial charge in [0.05, 0.1) is 12.3 Å². The van der Waals surface area contributed by atoms with Gasteiger partial charge < -0.3 is 4.74 Å².